The number of hydrogen-bond donors (Lipinski definition) is 1. The molecule has 5 rings (SSSR count). The molecule has 0 aliphatic carbocycles. The molecule has 1 fully saturated rings. The molecule has 4 aromatic rings. The number of piperazine rings is 1. The molecule has 0 bridgehead atoms. The fraction of sp³-hybridized carbons (Fsp3) is 0.387. The van der Waals surface area contributed by atoms with Crippen LogP contribution in [-0.2, 0) is 0 Å². The van der Waals surface area contributed by atoms with Gasteiger partial charge < -0.3 is 10.2 Å². The average Bonchev–Trinajstić information content (AvgIpc) is 3.40. The Bertz CT molecular complexity index is 1480. The Morgan fingerprint density at radius 1 is 1.00 bits per heavy atom. The molecule has 1 aliphatic rings. The van der Waals surface area contributed by atoms with Crippen LogP contribution in [0.5, 0.6) is 0 Å². The lowest BCUT2D eigenvalue weighted by Crippen LogP contribution is -2.47. The van der Waals surface area contributed by atoms with Gasteiger partial charge in [-0.2, -0.15) is 0 Å². The fourth-order valence-electron chi connectivity index (χ4n) is 4.47. The molecule has 2 aromatic carbocycles. The minimum atomic E-state index is -0.251. The number of benzene rings is 2. The van der Waals surface area contributed by atoms with Crippen LogP contribution in [-0.4, -0.2) is 74.1 Å². The minimum Gasteiger partial charge on any atom is -0.337 e. The van der Waals surface area contributed by atoms with E-state index >= 15 is 0 Å². The van der Waals surface area contributed by atoms with Crippen molar-refractivity contribution in [2.24, 2.45) is 0 Å². The highest BCUT2D eigenvalue weighted by Crippen LogP contribution is 2.27. The van der Waals surface area contributed by atoms with E-state index in [0.29, 0.717) is 35.7 Å². The number of aryl methyl sites for hydroxylation is 2. The Labute approximate surface area is 246 Å². The van der Waals surface area contributed by atoms with Crippen molar-refractivity contribution in [1.29, 1.82) is 0 Å². The first-order valence-corrected chi connectivity index (χ1v) is 14.8. The van der Waals surface area contributed by atoms with Crippen LogP contribution in [0.3, 0.4) is 0 Å². The van der Waals surface area contributed by atoms with E-state index in [4.69, 9.17) is 0 Å². The van der Waals surface area contributed by atoms with Gasteiger partial charge in [0, 0.05) is 67.5 Å². The Hall–Kier alpha value is -3.47. The number of anilines is 2. The third-order valence-electron chi connectivity index (χ3n) is 6.92. The summed E-state index contributed by atoms with van der Waals surface area (Å²) >= 11 is 1.68. The number of halogens is 1. The van der Waals surface area contributed by atoms with Crippen molar-refractivity contribution in [3.63, 3.8) is 0 Å². The summed E-state index contributed by atoms with van der Waals surface area (Å²) in [6.07, 6.45) is 7.85. The minimum absolute atomic E-state index is 0.0574. The lowest BCUT2D eigenvalue weighted by Gasteiger charge is -2.35. The van der Waals surface area contributed by atoms with Crippen molar-refractivity contribution < 1.29 is 9.18 Å². The number of fused-ring (bicyclic) bond motifs is 1. The first-order valence-electron chi connectivity index (χ1n) is 14.1. The van der Waals surface area contributed by atoms with Gasteiger partial charge in [0.2, 0.25) is 0 Å². The van der Waals surface area contributed by atoms with Crippen LogP contribution in [0.2, 0.25) is 0 Å². The molecule has 0 spiro atoms. The Balaban J connectivity index is 0.000000909. The molecule has 8 nitrogen and oxygen atoms in total. The molecule has 0 unspecified atom stereocenters. The van der Waals surface area contributed by atoms with Gasteiger partial charge in [-0.05, 0) is 63.3 Å². The van der Waals surface area contributed by atoms with Crippen LogP contribution in [0.1, 0.15) is 48.2 Å². The van der Waals surface area contributed by atoms with Crippen LogP contribution in [0.15, 0.2) is 55.0 Å². The monoisotopic (exact) mass is 577 g/mol. The molecule has 1 aliphatic heterocycles. The molecule has 2 aromatic heterocycles. The Kier molecular flexibility index (Phi) is 10.4. The molecule has 218 valence electrons. The van der Waals surface area contributed by atoms with E-state index in [1.807, 2.05) is 60.8 Å². The van der Waals surface area contributed by atoms with E-state index in [1.165, 1.54) is 18.9 Å². The van der Waals surface area contributed by atoms with Gasteiger partial charge in [-0.3, -0.25) is 9.20 Å². The predicted octanol–water partition coefficient (Wildman–Crippen LogP) is 6.58. The van der Waals surface area contributed by atoms with Gasteiger partial charge in [0.1, 0.15) is 5.82 Å². The molecular formula is C31H40FN7OS. The quantitative estimate of drug-likeness (QED) is 0.249. The summed E-state index contributed by atoms with van der Waals surface area (Å²) in [5, 5.41) is 3.34. The lowest BCUT2D eigenvalue weighted by atomic mass is 10.1. The largest absolute Gasteiger partial charge is 0.337 e. The number of unbranched alkanes of at least 4 members (excludes halogenated alkanes) is 1. The number of aromatic nitrogens is 3. The van der Waals surface area contributed by atoms with Gasteiger partial charge in [-0.15, -0.1) is 0 Å². The maximum atomic E-state index is 14.2. The van der Waals surface area contributed by atoms with Gasteiger partial charge in [0.25, 0.3) is 5.91 Å². The molecule has 10 heteroatoms. The average molecular weight is 578 g/mol. The van der Waals surface area contributed by atoms with Gasteiger partial charge >= 0.3 is 0 Å². The van der Waals surface area contributed by atoms with Gasteiger partial charge in [0.15, 0.2) is 11.5 Å². The molecule has 1 saturated heterocycles. The van der Waals surface area contributed by atoms with E-state index in [-0.39, 0.29) is 11.7 Å². The summed E-state index contributed by atoms with van der Waals surface area (Å²) in [4.78, 5) is 24.1. The van der Waals surface area contributed by atoms with Crippen LogP contribution in [0.25, 0.3) is 16.9 Å². The maximum Gasteiger partial charge on any atom is 0.254 e. The van der Waals surface area contributed by atoms with Gasteiger partial charge in [-0.25, -0.2) is 23.0 Å². The van der Waals surface area contributed by atoms with Crippen molar-refractivity contribution in [3.05, 3.63) is 77.5 Å². The number of hydrogen-bond acceptors (Lipinski definition) is 7. The number of nitrogens with one attached hydrogen (secondary N) is 1. The number of nitrogens with zero attached hydrogens (tertiary/aromatic N) is 6. The number of carbonyl (C=O) groups excluding carboxylic acids is 1. The maximum absolute atomic E-state index is 14.2. The molecule has 1 N–H and O–H groups in total. The summed E-state index contributed by atoms with van der Waals surface area (Å²) in [5.74, 6) is 0.385. The second kappa shape index (κ2) is 13.9. The second-order valence-electron chi connectivity index (χ2n) is 10.3. The van der Waals surface area contributed by atoms with Crippen molar-refractivity contribution >= 4 is 35.2 Å². The topological polar surface area (TPSA) is 69.0 Å². The van der Waals surface area contributed by atoms with Gasteiger partial charge in [0.05, 0.1) is 11.9 Å². The highest BCUT2D eigenvalue weighted by atomic mass is 32.2. The summed E-state index contributed by atoms with van der Waals surface area (Å²) < 4.78 is 20.4. The molecule has 41 heavy (non-hydrogen) atoms. The van der Waals surface area contributed by atoms with E-state index < -0.39 is 0 Å². The SMILES string of the molecule is CCCC.Cc1ccc(-c2cnc3c(Nc4ccc(C(=O)N5CCN(SN(C)C)CC5)c(C)c4)nccn23)cc1F. The molecular weight excluding hydrogens is 537 g/mol. The van der Waals surface area contributed by atoms with Crippen molar-refractivity contribution in [2.75, 3.05) is 45.6 Å². The number of imidazole rings is 1. The Morgan fingerprint density at radius 2 is 1.73 bits per heavy atom. The first-order chi connectivity index (χ1) is 19.7. The summed E-state index contributed by atoms with van der Waals surface area (Å²) in [5.41, 5.74) is 5.16. The standard InChI is InChI=1S/C27H30FN7OS.C4H10/c1-18-5-6-20(16-23(18)28)24-17-30-26-25(29-9-10-35(24)26)31-21-7-8-22(19(2)15-21)27(36)33-11-13-34(14-12-33)37-32(3)4;1-3-4-2/h5-10,15-17H,11-14H2,1-4H3,(H,29,31);3-4H2,1-2H3. The molecule has 3 heterocycles. The Morgan fingerprint density at radius 3 is 2.37 bits per heavy atom. The van der Waals surface area contributed by atoms with Crippen molar-refractivity contribution in [2.45, 2.75) is 40.5 Å². The van der Waals surface area contributed by atoms with E-state index in [2.05, 4.69) is 37.7 Å². The normalized spacial score (nSPS) is 13.8. The number of rotatable bonds is 7. The third kappa shape index (κ3) is 7.44. The van der Waals surface area contributed by atoms with E-state index in [9.17, 15) is 9.18 Å². The van der Waals surface area contributed by atoms with E-state index in [1.54, 1.807) is 37.5 Å². The van der Waals surface area contributed by atoms with Crippen LogP contribution >= 0.6 is 12.1 Å². The fourth-order valence-corrected chi connectivity index (χ4v) is 5.25. The number of carbonyl (C=O) groups is 1. The predicted molar refractivity (Wildman–Crippen MR) is 167 cm³/mol. The zero-order valence-electron chi connectivity index (χ0n) is 24.8. The smallest absolute Gasteiger partial charge is 0.254 e. The highest BCUT2D eigenvalue weighted by molar-refractivity contribution is 7.94. The van der Waals surface area contributed by atoms with Crippen LogP contribution in [0.4, 0.5) is 15.9 Å². The zero-order chi connectivity index (χ0) is 29.5. The number of amides is 1. The lowest BCUT2D eigenvalue weighted by molar-refractivity contribution is 0.0702. The van der Waals surface area contributed by atoms with Crippen molar-refractivity contribution in [3.8, 4) is 11.3 Å². The summed E-state index contributed by atoms with van der Waals surface area (Å²) in [7, 11) is 4.04. The summed E-state index contributed by atoms with van der Waals surface area (Å²) in [6.45, 7) is 11.1. The molecule has 0 atom stereocenters. The third-order valence-corrected chi connectivity index (χ3v) is 7.84. The molecule has 0 saturated carbocycles. The molecule has 0 radical (unpaired) electrons. The van der Waals surface area contributed by atoms with Gasteiger partial charge in [-0.1, -0.05) is 38.8 Å². The van der Waals surface area contributed by atoms with Crippen molar-refractivity contribution in [1.82, 2.24) is 27.9 Å². The molecule has 1 amide bonds. The highest BCUT2D eigenvalue weighted by Gasteiger charge is 2.24. The van der Waals surface area contributed by atoms with Crippen LogP contribution in [0, 0.1) is 19.7 Å². The summed E-state index contributed by atoms with van der Waals surface area (Å²) in [6, 6.07) is 10.9. The second-order valence-corrected chi connectivity index (χ2v) is 11.8. The first kappa shape index (κ1) is 30.5. The van der Waals surface area contributed by atoms with E-state index in [0.717, 1.165) is 35.6 Å². The van der Waals surface area contributed by atoms with Crippen LogP contribution < -0.4 is 5.32 Å². The zero-order valence-corrected chi connectivity index (χ0v) is 25.6.